The van der Waals surface area contributed by atoms with E-state index in [4.69, 9.17) is 5.73 Å². The van der Waals surface area contributed by atoms with E-state index in [1.54, 1.807) is 16.1 Å². The van der Waals surface area contributed by atoms with Crippen molar-refractivity contribution in [3.63, 3.8) is 0 Å². The molecule has 7 heteroatoms. The molecule has 1 aliphatic rings. The minimum absolute atomic E-state index is 0.0396. The second kappa shape index (κ2) is 7.69. The minimum atomic E-state index is -3.38. The third-order valence-electron chi connectivity index (χ3n) is 3.08. The summed E-state index contributed by atoms with van der Waals surface area (Å²) in [6.45, 7) is 4.96. The van der Waals surface area contributed by atoms with E-state index >= 15 is 0 Å². The average molecular weight is 295 g/mol. The maximum absolute atomic E-state index is 12.3. The van der Waals surface area contributed by atoms with Gasteiger partial charge in [-0.15, -0.1) is 0 Å². The lowest BCUT2D eigenvalue weighted by Gasteiger charge is -2.34. The SMILES string of the molecule is CCSCC(C)NS(=O)(=O)N1CCCCC1CN. The summed E-state index contributed by atoms with van der Waals surface area (Å²) in [7, 11) is -3.38. The number of nitrogens with two attached hydrogens (primary N) is 1. The molecule has 0 bridgehead atoms. The first-order valence-corrected chi connectivity index (χ1v) is 9.17. The van der Waals surface area contributed by atoms with E-state index in [-0.39, 0.29) is 12.1 Å². The van der Waals surface area contributed by atoms with Crippen molar-refractivity contribution in [3.8, 4) is 0 Å². The molecule has 0 aromatic rings. The third kappa shape index (κ3) is 4.70. The van der Waals surface area contributed by atoms with Crippen LogP contribution >= 0.6 is 11.8 Å². The van der Waals surface area contributed by atoms with E-state index in [0.717, 1.165) is 30.8 Å². The van der Waals surface area contributed by atoms with Crippen LogP contribution in [-0.2, 0) is 10.2 Å². The van der Waals surface area contributed by atoms with Gasteiger partial charge in [-0.05, 0) is 25.5 Å². The summed E-state index contributed by atoms with van der Waals surface area (Å²) in [6, 6.07) is -0.0809. The van der Waals surface area contributed by atoms with Gasteiger partial charge in [0.15, 0.2) is 0 Å². The van der Waals surface area contributed by atoms with Gasteiger partial charge in [-0.1, -0.05) is 13.3 Å². The number of rotatable bonds is 7. The Labute approximate surface area is 115 Å². The molecule has 1 aliphatic heterocycles. The van der Waals surface area contributed by atoms with Gasteiger partial charge < -0.3 is 5.73 Å². The maximum Gasteiger partial charge on any atom is 0.280 e. The lowest BCUT2D eigenvalue weighted by molar-refractivity contribution is 0.253. The molecule has 2 unspecified atom stereocenters. The number of hydrogen-bond donors (Lipinski definition) is 2. The Morgan fingerprint density at radius 2 is 2.22 bits per heavy atom. The van der Waals surface area contributed by atoms with Crippen LogP contribution in [0.3, 0.4) is 0 Å². The summed E-state index contributed by atoms with van der Waals surface area (Å²) in [5, 5.41) is 0. The van der Waals surface area contributed by atoms with Gasteiger partial charge in [-0.25, -0.2) is 0 Å². The molecule has 0 saturated carbocycles. The molecule has 3 N–H and O–H groups in total. The Hall–Kier alpha value is 0.180. The van der Waals surface area contributed by atoms with Crippen molar-refractivity contribution in [2.75, 3.05) is 24.6 Å². The molecular formula is C11H25N3O2S2. The van der Waals surface area contributed by atoms with Crippen LogP contribution in [0.4, 0.5) is 0 Å². The lowest BCUT2D eigenvalue weighted by atomic mass is 10.1. The zero-order valence-electron chi connectivity index (χ0n) is 11.3. The van der Waals surface area contributed by atoms with Crippen molar-refractivity contribution < 1.29 is 8.42 Å². The molecule has 1 rings (SSSR count). The molecule has 0 aromatic carbocycles. The highest BCUT2D eigenvalue weighted by Gasteiger charge is 2.31. The van der Waals surface area contributed by atoms with Crippen molar-refractivity contribution in [1.82, 2.24) is 9.03 Å². The Bertz CT molecular complexity index is 335. The van der Waals surface area contributed by atoms with Crippen LogP contribution in [0, 0.1) is 0 Å². The summed E-state index contributed by atoms with van der Waals surface area (Å²) in [6.07, 6.45) is 2.86. The lowest BCUT2D eigenvalue weighted by Crippen LogP contribution is -2.53. The van der Waals surface area contributed by atoms with E-state index in [0.29, 0.717) is 13.1 Å². The standard InChI is InChI=1S/C11H25N3O2S2/c1-3-17-9-10(2)13-18(15,16)14-7-5-4-6-11(14)8-12/h10-11,13H,3-9,12H2,1-2H3. The number of thioether (sulfide) groups is 1. The first kappa shape index (κ1) is 16.2. The van der Waals surface area contributed by atoms with Gasteiger partial charge in [0.2, 0.25) is 0 Å². The predicted octanol–water partition coefficient (Wildman–Crippen LogP) is 0.776. The van der Waals surface area contributed by atoms with Gasteiger partial charge in [0, 0.05) is 30.9 Å². The molecule has 108 valence electrons. The van der Waals surface area contributed by atoms with Gasteiger partial charge in [-0.3, -0.25) is 0 Å². The number of piperidine rings is 1. The number of nitrogens with one attached hydrogen (secondary N) is 1. The predicted molar refractivity (Wildman–Crippen MR) is 77.9 cm³/mol. The monoisotopic (exact) mass is 295 g/mol. The van der Waals surface area contributed by atoms with Crippen molar-refractivity contribution in [3.05, 3.63) is 0 Å². The fourth-order valence-corrected chi connectivity index (χ4v) is 4.64. The number of nitrogens with zero attached hydrogens (tertiary/aromatic N) is 1. The second-order valence-corrected chi connectivity index (χ2v) is 7.65. The molecule has 1 fully saturated rings. The summed E-state index contributed by atoms with van der Waals surface area (Å²) >= 11 is 1.74. The first-order chi connectivity index (χ1) is 8.51. The molecule has 0 radical (unpaired) electrons. The van der Waals surface area contributed by atoms with E-state index in [9.17, 15) is 8.42 Å². The largest absolute Gasteiger partial charge is 0.329 e. The molecular weight excluding hydrogens is 270 g/mol. The highest BCUT2D eigenvalue weighted by atomic mass is 32.2. The molecule has 1 saturated heterocycles. The van der Waals surface area contributed by atoms with Gasteiger partial charge in [-0.2, -0.15) is 29.2 Å². The van der Waals surface area contributed by atoms with Crippen molar-refractivity contribution >= 4 is 22.0 Å². The van der Waals surface area contributed by atoms with Crippen LogP contribution in [0.2, 0.25) is 0 Å². The quantitative estimate of drug-likeness (QED) is 0.727. The summed E-state index contributed by atoms with van der Waals surface area (Å²) in [5.74, 6) is 1.80. The highest BCUT2D eigenvalue weighted by molar-refractivity contribution is 7.99. The smallest absolute Gasteiger partial charge is 0.280 e. The Morgan fingerprint density at radius 1 is 1.50 bits per heavy atom. The van der Waals surface area contributed by atoms with Crippen LogP contribution in [0.25, 0.3) is 0 Å². The molecule has 0 aliphatic carbocycles. The third-order valence-corrected chi connectivity index (χ3v) is 6.02. The molecule has 0 amide bonds. The van der Waals surface area contributed by atoms with E-state index in [2.05, 4.69) is 11.6 Å². The summed E-state index contributed by atoms with van der Waals surface area (Å²) in [4.78, 5) is 0. The van der Waals surface area contributed by atoms with Crippen molar-refractivity contribution in [2.24, 2.45) is 5.73 Å². The van der Waals surface area contributed by atoms with Gasteiger partial charge in [0.05, 0.1) is 0 Å². The topological polar surface area (TPSA) is 75.4 Å². The molecule has 0 spiro atoms. The summed E-state index contributed by atoms with van der Waals surface area (Å²) in [5.41, 5.74) is 5.66. The summed E-state index contributed by atoms with van der Waals surface area (Å²) < 4.78 is 28.8. The van der Waals surface area contributed by atoms with Crippen LogP contribution in [0.1, 0.15) is 33.1 Å². The highest BCUT2D eigenvalue weighted by Crippen LogP contribution is 2.19. The second-order valence-electron chi connectivity index (χ2n) is 4.68. The van der Waals surface area contributed by atoms with E-state index < -0.39 is 10.2 Å². The fraction of sp³-hybridized carbons (Fsp3) is 1.00. The van der Waals surface area contributed by atoms with E-state index in [1.165, 1.54) is 0 Å². The van der Waals surface area contributed by atoms with Crippen LogP contribution in [0.15, 0.2) is 0 Å². The zero-order valence-corrected chi connectivity index (χ0v) is 12.9. The van der Waals surface area contributed by atoms with Gasteiger partial charge in [0.1, 0.15) is 0 Å². The van der Waals surface area contributed by atoms with Crippen molar-refractivity contribution in [2.45, 2.75) is 45.2 Å². The van der Waals surface area contributed by atoms with Crippen LogP contribution < -0.4 is 10.5 Å². The molecule has 0 aromatic heterocycles. The van der Waals surface area contributed by atoms with E-state index in [1.807, 2.05) is 6.92 Å². The van der Waals surface area contributed by atoms with Crippen LogP contribution in [-0.4, -0.2) is 49.4 Å². The average Bonchev–Trinajstić information content (AvgIpc) is 2.35. The van der Waals surface area contributed by atoms with Crippen LogP contribution in [0.5, 0.6) is 0 Å². The molecule has 5 nitrogen and oxygen atoms in total. The van der Waals surface area contributed by atoms with Crippen molar-refractivity contribution in [1.29, 1.82) is 0 Å². The molecule has 1 heterocycles. The maximum atomic E-state index is 12.3. The normalized spacial score (nSPS) is 24.1. The van der Waals surface area contributed by atoms with Gasteiger partial charge >= 0.3 is 0 Å². The molecule has 18 heavy (non-hydrogen) atoms. The minimum Gasteiger partial charge on any atom is -0.329 e. The first-order valence-electron chi connectivity index (χ1n) is 6.58. The Morgan fingerprint density at radius 3 is 2.83 bits per heavy atom. The number of hydrogen-bond acceptors (Lipinski definition) is 4. The zero-order chi connectivity index (χ0) is 13.6. The fourth-order valence-electron chi connectivity index (χ4n) is 2.18. The Balaban J connectivity index is 2.60. The Kier molecular flexibility index (Phi) is 6.94. The van der Waals surface area contributed by atoms with Gasteiger partial charge in [0.25, 0.3) is 10.2 Å². The molecule has 2 atom stereocenters.